The van der Waals surface area contributed by atoms with Crippen molar-refractivity contribution in [3.05, 3.63) is 59.5 Å². The van der Waals surface area contributed by atoms with Crippen molar-refractivity contribution in [3.63, 3.8) is 0 Å². The second-order valence-corrected chi connectivity index (χ2v) is 5.23. The number of fused-ring (bicyclic) bond motifs is 1. The van der Waals surface area contributed by atoms with E-state index in [9.17, 15) is 19.4 Å². The first-order valence-corrected chi connectivity index (χ1v) is 6.96. The Kier molecular flexibility index (Phi) is 3.65. The quantitative estimate of drug-likeness (QED) is 0.691. The van der Waals surface area contributed by atoms with Crippen molar-refractivity contribution in [3.8, 4) is 11.5 Å². The number of para-hydroxylation sites is 2. The summed E-state index contributed by atoms with van der Waals surface area (Å²) in [6.07, 6.45) is -0.487. The molecular formula is C17H14FNO4. The van der Waals surface area contributed by atoms with E-state index >= 15 is 0 Å². The number of phenols is 2. The van der Waals surface area contributed by atoms with Crippen LogP contribution in [-0.4, -0.2) is 25.9 Å². The number of hydrogen-bond donors (Lipinski definition) is 3. The van der Waals surface area contributed by atoms with Crippen LogP contribution in [0.1, 0.15) is 11.1 Å². The molecule has 0 aliphatic rings. The Morgan fingerprint density at radius 3 is 2.43 bits per heavy atom. The number of benzene rings is 2. The molecule has 0 bridgehead atoms. The van der Waals surface area contributed by atoms with Crippen molar-refractivity contribution < 1.29 is 24.5 Å². The molecule has 0 spiro atoms. The third-order valence-corrected chi connectivity index (χ3v) is 3.74. The predicted molar refractivity (Wildman–Crippen MR) is 82.1 cm³/mol. The van der Waals surface area contributed by atoms with Crippen LogP contribution < -0.4 is 0 Å². The van der Waals surface area contributed by atoms with Crippen LogP contribution in [0.15, 0.2) is 42.5 Å². The summed E-state index contributed by atoms with van der Waals surface area (Å²) in [5.74, 6) is -2.03. The molecule has 23 heavy (non-hydrogen) atoms. The molecule has 118 valence electrons. The number of aliphatic carboxylic acids is 1. The lowest BCUT2D eigenvalue weighted by atomic mass is 10.1. The first-order chi connectivity index (χ1) is 11.0. The highest BCUT2D eigenvalue weighted by atomic mass is 19.1. The van der Waals surface area contributed by atoms with E-state index in [0.717, 1.165) is 0 Å². The molecule has 2 aromatic carbocycles. The molecule has 0 saturated heterocycles. The normalized spacial score (nSPS) is 11.0. The van der Waals surface area contributed by atoms with E-state index in [0.29, 0.717) is 10.9 Å². The van der Waals surface area contributed by atoms with Gasteiger partial charge >= 0.3 is 5.97 Å². The maximum absolute atomic E-state index is 14.8. The van der Waals surface area contributed by atoms with Crippen molar-refractivity contribution in [2.24, 2.45) is 0 Å². The van der Waals surface area contributed by atoms with Gasteiger partial charge in [-0.2, -0.15) is 4.39 Å². The Labute approximate surface area is 130 Å². The van der Waals surface area contributed by atoms with Gasteiger partial charge < -0.3 is 19.9 Å². The summed E-state index contributed by atoms with van der Waals surface area (Å²) in [4.78, 5) is 11.0. The highest BCUT2D eigenvalue weighted by molar-refractivity contribution is 5.91. The van der Waals surface area contributed by atoms with E-state index in [1.807, 2.05) is 0 Å². The zero-order valence-corrected chi connectivity index (χ0v) is 12.0. The van der Waals surface area contributed by atoms with Gasteiger partial charge in [0, 0.05) is 16.5 Å². The molecular weight excluding hydrogens is 301 g/mol. The van der Waals surface area contributed by atoms with Crippen LogP contribution in [0.4, 0.5) is 4.39 Å². The molecule has 0 aliphatic heterocycles. The average molecular weight is 315 g/mol. The summed E-state index contributed by atoms with van der Waals surface area (Å²) >= 11 is 0. The Morgan fingerprint density at radius 2 is 1.74 bits per heavy atom. The average Bonchev–Trinajstić information content (AvgIpc) is 2.76. The summed E-state index contributed by atoms with van der Waals surface area (Å²) in [6, 6.07) is 11.0. The van der Waals surface area contributed by atoms with E-state index < -0.39 is 18.3 Å². The molecule has 0 aliphatic carbocycles. The first-order valence-electron chi connectivity index (χ1n) is 6.96. The van der Waals surface area contributed by atoms with Crippen LogP contribution in [0.25, 0.3) is 10.9 Å². The maximum Gasteiger partial charge on any atom is 0.308 e. The molecule has 0 atom stereocenters. The monoisotopic (exact) mass is 315 g/mol. The van der Waals surface area contributed by atoms with Crippen molar-refractivity contribution >= 4 is 16.9 Å². The molecule has 6 heteroatoms. The summed E-state index contributed by atoms with van der Waals surface area (Å²) in [5, 5.41) is 29.3. The van der Waals surface area contributed by atoms with Crippen LogP contribution in [0.3, 0.4) is 0 Å². The first kappa shape index (κ1) is 14.9. The number of halogens is 1. The van der Waals surface area contributed by atoms with E-state index in [4.69, 9.17) is 5.11 Å². The van der Waals surface area contributed by atoms with Gasteiger partial charge in [-0.15, -0.1) is 0 Å². The number of carbonyl (C=O) groups is 1. The molecule has 3 aromatic rings. The number of carboxylic acid groups (broad SMARTS) is 1. The van der Waals surface area contributed by atoms with Crippen molar-refractivity contribution in [2.45, 2.75) is 13.0 Å². The molecule has 0 unspecified atom stereocenters. The molecule has 3 N–H and O–H groups in total. The van der Waals surface area contributed by atoms with Gasteiger partial charge in [-0.1, -0.05) is 30.3 Å². The molecule has 0 fully saturated rings. The SMILES string of the molecule is O=C(O)Cc1c(F)n(Cc2ccccc2O)c2c(O)cccc12. The molecule has 0 radical (unpaired) electrons. The Hall–Kier alpha value is -3.02. The largest absolute Gasteiger partial charge is 0.508 e. The number of hydrogen-bond acceptors (Lipinski definition) is 3. The molecule has 0 saturated carbocycles. The van der Waals surface area contributed by atoms with E-state index in [2.05, 4.69) is 0 Å². The second-order valence-electron chi connectivity index (χ2n) is 5.23. The van der Waals surface area contributed by atoms with Gasteiger partial charge in [0.2, 0.25) is 0 Å². The second kappa shape index (κ2) is 5.64. The van der Waals surface area contributed by atoms with Gasteiger partial charge in [-0.25, -0.2) is 0 Å². The smallest absolute Gasteiger partial charge is 0.308 e. The molecule has 3 rings (SSSR count). The van der Waals surface area contributed by atoms with Gasteiger partial charge in [-0.05, 0) is 12.1 Å². The Morgan fingerprint density at radius 1 is 1.04 bits per heavy atom. The van der Waals surface area contributed by atoms with Crippen molar-refractivity contribution in [1.82, 2.24) is 4.57 Å². The highest BCUT2D eigenvalue weighted by Crippen LogP contribution is 2.33. The Balaban J connectivity index is 2.22. The minimum Gasteiger partial charge on any atom is -0.508 e. The highest BCUT2D eigenvalue weighted by Gasteiger charge is 2.22. The standard InChI is InChI=1S/C17H14FNO4/c18-17-12(8-15(22)23)11-5-3-7-14(21)16(11)19(17)9-10-4-1-2-6-13(10)20/h1-7,20-21H,8-9H2,(H,22,23). The van der Waals surface area contributed by atoms with Crippen molar-refractivity contribution in [1.29, 1.82) is 0 Å². The van der Waals surface area contributed by atoms with Gasteiger partial charge in [-0.3, -0.25) is 4.79 Å². The molecule has 1 heterocycles. The number of rotatable bonds is 4. The third-order valence-electron chi connectivity index (χ3n) is 3.74. The van der Waals surface area contributed by atoms with Gasteiger partial charge in [0.15, 0.2) is 5.95 Å². The van der Waals surface area contributed by atoms with E-state index in [-0.39, 0.29) is 29.1 Å². The fraction of sp³-hybridized carbons (Fsp3) is 0.118. The van der Waals surface area contributed by atoms with Gasteiger partial charge in [0.1, 0.15) is 11.5 Å². The fourth-order valence-corrected chi connectivity index (χ4v) is 2.71. The van der Waals surface area contributed by atoms with E-state index in [1.165, 1.54) is 22.8 Å². The maximum atomic E-state index is 14.8. The van der Waals surface area contributed by atoms with E-state index in [1.54, 1.807) is 24.3 Å². The minimum absolute atomic E-state index is 0.00366. The summed E-state index contributed by atoms with van der Waals surface area (Å²) in [5.41, 5.74) is 0.691. The third kappa shape index (κ3) is 2.59. The summed E-state index contributed by atoms with van der Waals surface area (Å²) < 4.78 is 15.9. The number of carboxylic acids is 1. The lowest BCUT2D eigenvalue weighted by molar-refractivity contribution is -0.136. The lowest BCUT2D eigenvalue weighted by Crippen LogP contribution is -2.06. The summed E-state index contributed by atoms with van der Waals surface area (Å²) in [6.45, 7) is -0.0216. The summed E-state index contributed by atoms with van der Waals surface area (Å²) in [7, 11) is 0. The van der Waals surface area contributed by atoms with Crippen LogP contribution >= 0.6 is 0 Å². The van der Waals surface area contributed by atoms with Gasteiger partial charge in [0.05, 0.1) is 18.5 Å². The lowest BCUT2D eigenvalue weighted by Gasteiger charge is -2.09. The van der Waals surface area contributed by atoms with Crippen molar-refractivity contribution in [2.75, 3.05) is 0 Å². The number of aromatic hydroxyl groups is 2. The minimum atomic E-state index is -1.16. The Bertz CT molecular complexity index is 901. The van der Waals surface area contributed by atoms with Gasteiger partial charge in [0.25, 0.3) is 0 Å². The molecule has 0 amide bonds. The predicted octanol–water partition coefficient (Wildman–Crippen LogP) is 2.87. The fourth-order valence-electron chi connectivity index (χ4n) is 2.71. The number of aromatic nitrogens is 1. The molecule has 5 nitrogen and oxygen atoms in total. The van der Waals surface area contributed by atoms with Crippen LogP contribution in [0.2, 0.25) is 0 Å². The van der Waals surface area contributed by atoms with Crippen LogP contribution in [-0.2, 0) is 17.8 Å². The topological polar surface area (TPSA) is 82.7 Å². The number of nitrogens with zero attached hydrogens (tertiary/aromatic N) is 1. The number of phenolic OH excluding ortho intramolecular Hbond substituents is 2. The molecule has 1 aromatic heterocycles. The zero-order chi connectivity index (χ0) is 16.6. The van der Waals surface area contributed by atoms with Crippen LogP contribution in [0, 0.1) is 5.95 Å². The zero-order valence-electron chi connectivity index (χ0n) is 12.0. The van der Waals surface area contributed by atoms with Crippen LogP contribution in [0.5, 0.6) is 11.5 Å².